The summed E-state index contributed by atoms with van der Waals surface area (Å²) in [5.74, 6) is 0.348. The second-order valence-electron chi connectivity index (χ2n) is 7.07. The van der Waals surface area contributed by atoms with Crippen LogP contribution in [0.5, 0.6) is 0 Å². The number of aromatic nitrogens is 1. The lowest BCUT2D eigenvalue weighted by molar-refractivity contribution is -0.111. The van der Waals surface area contributed by atoms with Gasteiger partial charge in [0, 0.05) is 6.08 Å². The van der Waals surface area contributed by atoms with E-state index in [1.807, 2.05) is 24.3 Å². The number of nitrogens with one attached hydrogen (secondary N) is 1. The number of rotatable bonds is 7. The summed E-state index contributed by atoms with van der Waals surface area (Å²) in [4.78, 5) is 16.7. The van der Waals surface area contributed by atoms with Crippen molar-refractivity contribution >= 4 is 38.7 Å². The molecule has 27 heavy (non-hydrogen) atoms. The molecule has 1 N–H and O–H groups in total. The minimum Gasteiger partial charge on any atom is -0.298 e. The van der Waals surface area contributed by atoms with Gasteiger partial charge in [0.1, 0.15) is 0 Å². The quantitative estimate of drug-likeness (QED) is 0.482. The molecule has 1 aromatic heterocycles. The van der Waals surface area contributed by atoms with Crippen LogP contribution in [-0.2, 0) is 11.2 Å². The van der Waals surface area contributed by atoms with Gasteiger partial charge in [0.25, 0.3) is 0 Å². The zero-order valence-electron chi connectivity index (χ0n) is 16.2. The number of aryl methyl sites for hydroxylation is 1. The summed E-state index contributed by atoms with van der Waals surface area (Å²) in [5.41, 5.74) is 4.57. The van der Waals surface area contributed by atoms with Crippen molar-refractivity contribution in [3.8, 4) is 0 Å². The molecule has 0 saturated heterocycles. The predicted octanol–water partition coefficient (Wildman–Crippen LogP) is 6.41. The molecule has 0 unspecified atom stereocenters. The van der Waals surface area contributed by atoms with E-state index in [9.17, 15) is 4.79 Å². The minimum absolute atomic E-state index is 0.159. The molecule has 3 aromatic rings. The molecule has 2 aromatic carbocycles. The van der Waals surface area contributed by atoms with E-state index in [1.165, 1.54) is 35.3 Å². The van der Waals surface area contributed by atoms with E-state index in [0.29, 0.717) is 11.0 Å². The molecular formula is C23H26N2OS. The predicted molar refractivity (Wildman–Crippen MR) is 116 cm³/mol. The lowest BCUT2D eigenvalue weighted by Crippen LogP contribution is -2.07. The summed E-state index contributed by atoms with van der Waals surface area (Å²) in [6.07, 6.45) is 6.86. The SMILES string of the molecule is CCCCc1ccc2nc(NC(=O)C=Cc3ccc(C(C)C)cc3)sc2c1. The Bertz CT molecular complexity index is 939. The van der Waals surface area contributed by atoms with Crippen LogP contribution in [0.15, 0.2) is 48.5 Å². The molecule has 0 aliphatic rings. The van der Waals surface area contributed by atoms with Crippen molar-refractivity contribution in [2.75, 3.05) is 5.32 Å². The lowest BCUT2D eigenvalue weighted by atomic mass is 10.0. The molecular weight excluding hydrogens is 352 g/mol. The number of fused-ring (bicyclic) bond motifs is 1. The Kier molecular flexibility index (Phi) is 6.40. The Hall–Kier alpha value is -2.46. The maximum absolute atomic E-state index is 12.2. The van der Waals surface area contributed by atoms with E-state index in [2.05, 4.69) is 55.3 Å². The third-order valence-electron chi connectivity index (χ3n) is 4.53. The number of carbonyl (C=O) groups excluding carboxylic acids is 1. The van der Waals surface area contributed by atoms with Crippen LogP contribution in [0, 0.1) is 0 Å². The number of hydrogen-bond acceptors (Lipinski definition) is 3. The first-order valence-electron chi connectivity index (χ1n) is 9.53. The van der Waals surface area contributed by atoms with E-state index in [-0.39, 0.29) is 5.91 Å². The molecule has 0 aliphatic carbocycles. The number of unbranched alkanes of at least 4 members (excludes halogenated alkanes) is 1. The van der Waals surface area contributed by atoms with Gasteiger partial charge >= 0.3 is 0 Å². The highest BCUT2D eigenvalue weighted by Crippen LogP contribution is 2.27. The van der Waals surface area contributed by atoms with Crippen molar-refractivity contribution in [2.24, 2.45) is 0 Å². The number of carbonyl (C=O) groups is 1. The van der Waals surface area contributed by atoms with Crippen LogP contribution in [0.1, 0.15) is 56.2 Å². The molecule has 0 aliphatic heterocycles. The minimum atomic E-state index is -0.159. The second kappa shape index (κ2) is 8.96. The maximum Gasteiger partial charge on any atom is 0.250 e. The van der Waals surface area contributed by atoms with Crippen LogP contribution in [0.3, 0.4) is 0 Å². The average Bonchev–Trinajstić information content (AvgIpc) is 3.06. The van der Waals surface area contributed by atoms with Crippen LogP contribution in [0.25, 0.3) is 16.3 Å². The number of benzene rings is 2. The second-order valence-corrected chi connectivity index (χ2v) is 8.10. The number of anilines is 1. The van der Waals surface area contributed by atoms with Gasteiger partial charge in [-0.1, -0.05) is 68.9 Å². The van der Waals surface area contributed by atoms with Gasteiger partial charge in [-0.25, -0.2) is 4.98 Å². The molecule has 1 amide bonds. The Morgan fingerprint density at radius 2 is 1.96 bits per heavy atom. The van der Waals surface area contributed by atoms with Crippen LogP contribution in [0.2, 0.25) is 0 Å². The molecule has 0 radical (unpaired) electrons. The summed E-state index contributed by atoms with van der Waals surface area (Å²) in [7, 11) is 0. The Balaban J connectivity index is 1.64. The van der Waals surface area contributed by atoms with Gasteiger partial charge in [0.15, 0.2) is 5.13 Å². The van der Waals surface area contributed by atoms with Crippen LogP contribution in [-0.4, -0.2) is 10.9 Å². The largest absolute Gasteiger partial charge is 0.298 e. The fourth-order valence-corrected chi connectivity index (χ4v) is 3.80. The first-order chi connectivity index (χ1) is 13.0. The molecule has 0 spiro atoms. The molecule has 3 rings (SSSR count). The average molecular weight is 379 g/mol. The molecule has 0 fully saturated rings. The summed E-state index contributed by atoms with van der Waals surface area (Å²) in [6, 6.07) is 14.6. The summed E-state index contributed by atoms with van der Waals surface area (Å²) in [5, 5.41) is 3.52. The van der Waals surface area contributed by atoms with E-state index < -0.39 is 0 Å². The Labute approximate surface area is 165 Å². The smallest absolute Gasteiger partial charge is 0.250 e. The molecule has 0 saturated carbocycles. The molecule has 4 heteroatoms. The summed E-state index contributed by atoms with van der Waals surface area (Å²) in [6.45, 7) is 6.54. The van der Waals surface area contributed by atoms with Gasteiger partial charge in [0.05, 0.1) is 10.2 Å². The van der Waals surface area contributed by atoms with E-state index in [1.54, 1.807) is 6.08 Å². The van der Waals surface area contributed by atoms with Gasteiger partial charge < -0.3 is 0 Å². The molecule has 3 nitrogen and oxygen atoms in total. The van der Waals surface area contributed by atoms with Gasteiger partial charge in [-0.05, 0) is 53.7 Å². The summed E-state index contributed by atoms with van der Waals surface area (Å²) >= 11 is 1.52. The van der Waals surface area contributed by atoms with Crippen LogP contribution >= 0.6 is 11.3 Å². The van der Waals surface area contributed by atoms with Crippen molar-refractivity contribution in [3.63, 3.8) is 0 Å². The highest BCUT2D eigenvalue weighted by Gasteiger charge is 2.07. The monoisotopic (exact) mass is 378 g/mol. The fourth-order valence-electron chi connectivity index (χ4n) is 2.87. The highest BCUT2D eigenvalue weighted by molar-refractivity contribution is 7.22. The Morgan fingerprint density at radius 3 is 2.67 bits per heavy atom. The standard InChI is InChI=1S/C23H26N2OS/c1-4-5-6-18-9-13-20-21(15-18)27-23(24-20)25-22(26)14-10-17-7-11-19(12-8-17)16(2)3/h7-16H,4-6H2,1-3H3,(H,24,25,26). The van der Waals surface area contributed by atoms with Crippen molar-refractivity contribution < 1.29 is 4.79 Å². The van der Waals surface area contributed by atoms with Gasteiger partial charge in [-0.3, -0.25) is 10.1 Å². The molecule has 0 bridgehead atoms. The first-order valence-corrected chi connectivity index (χ1v) is 10.4. The van der Waals surface area contributed by atoms with Gasteiger partial charge in [-0.15, -0.1) is 0 Å². The van der Waals surface area contributed by atoms with Gasteiger partial charge in [0.2, 0.25) is 5.91 Å². The summed E-state index contributed by atoms with van der Waals surface area (Å²) < 4.78 is 1.12. The van der Waals surface area contributed by atoms with Crippen molar-refractivity contribution in [1.82, 2.24) is 4.98 Å². The first kappa shape index (κ1) is 19.3. The molecule has 1 heterocycles. The third-order valence-corrected chi connectivity index (χ3v) is 5.47. The van der Waals surface area contributed by atoms with E-state index in [4.69, 9.17) is 0 Å². The zero-order valence-corrected chi connectivity index (χ0v) is 17.0. The van der Waals surface area contributed by atoms with E-state index >= 15 is 0 Å². The number of amides is 1. The van der Waals surface area contributed by atoms with Gasteiger partial charge in [-0.2, -0.15) is 0 Å². The Morgan fingerprint density at radius 1 is 1.19 bits per heavy atom. The number of nitrogens with zero attached hydrogens (tertiary/aromatic N) is 1. The molecule has 0 atom stereocenters. The lowest BCUT2D eigenvalue weighted by Gasteiger charge is -2.04. The third kappa shape index (κ3) is 5.27. The maximum atomic E-state index is 12.2. The van der Waals surface area contributed by atoms with Crippen molar-refractivity contribution in [3.05, 3.63) is 65.2 Å². The fraction of sp³-hybridized carbons (Fsp3) is 0.304. The zero-order chi connectivity index (χ0) is 19.2. The topological polar surface area (TPSA) is 42.0 Å². The highest BCUT2D eigenvalue weighted by atomic mass is 32.1. The van der Waals surface area contributed by atoms with E-state index in [0.717, 1.165) is 22.2 Å². The van der Waals surface area contributed by atoms with Crippen molar-refractivity contribution in [2.45, 2.75) is 46.0 Å². The van der Waals surface area contributed by atoms with Crippen LogP contribution < -0.4 is 5.32 Å². The van der Waals surface area contributed by atoms with Crippen LogP contribution in [0.4, 0.5) is 5.13 Å². The normalized spacial score (nSPS) is 11.6. The number of thiazole rings is 1. The van der Waals surface area contributed by atoms with Crippen molar-refractivity contribution in [1.29, 1.82) is 0 Å². The molecule has 140 valence electrons. The number of hydrogen-bond donors (Lipinski definition) is 1.